The molecule has 1 aromatic carbocycles. The van der Waals surface area contributed by atoms with Crippen molar-refractivity contribution in [2.24, 2.45) is 0 Å². The molecule has 0 N–H and O–H groups in total. The highest BCUT2D eigenvalue weighted by Crippen LogP contribution is 2.22. The zero-order valence-corrected chi connectivity index (χ0v) is 9.71. The van der Waals surface area contributed by atoms with Crippen molar-refractivity contribution < 1.29 is 8.42 Å². The van der Waals surface area contributed by atoms with E-state index in [1.54, 1.807) is 30.3 Å². The van der Waals surface area contributed by atoms with Gasteiger partial charge in [0.05, 0.1) is 4.90 Å². The van der Waals surface area contributed by atoms with Gasteiger partial charge >= 0.3 is 0 Å². The molecule has 1 aliphatic heterocycles. The fourth-order valence-corrected chi connectivity index (χ4v) is 3.51. The molecular weight excluding hydrogens is 234 g/mol. The minimum Gasteiger partial charge on any atom is -0.207 e. The minimum atomic E-state index is -3.32. The maximum atomic E-state index is 12.0. The van der Waals surface area contributed by atoms with E-state index in [1.165, 1.54) is 4.31 Å². The first kappa shape index (κ1) is 10.9. The molecule has 1 aromatic rings. The molecule has 0 aliphatic carbocycles. The number of halogens is 1. The quantitative estimate of drug-likeness (QED) is 0.744. The van der Waals surface area contributed by atoms with Gasteiger partial charge < -0.3 is 0 Å². The number of alkyl halides is 1. The average Bonchev–Trinajstić information content (AvgIpc) is 2.67. The van der Waals surface area contributed by atoms with Crippen molar-refractivity contribution in [1.82, 2.24) is 4.31 Å². The van der Waals surface area contributed by atoms with Crippen molar-refractivity contribution in [3.05, 3.63) is 30.3 Å². The molecule has 1 saturated heterocycles. The van der Waals surface area contributed by atoms with Gasteiger partial charge in [0, 0.05) is 18.5 Å². The van der Waals surface area contributed by atoms with Crippen molar-refractivity contribution in [1.29, 1.82) is 0 Å². The molecule has 82 valence electrons. The maximum absolute atomic E-state index is 12.0. The number of sulfonamides is 1. The summed E-state index contributed by atoms with van der Waals surface area (Å²) in [5.74, 6) is 0. The third kappa shape index (κ3) is 2.17. The van der Waals surface area contributed by atoms with Crippen molar-refractivity contribution in [3.63, 3.8) is 0 Å². The Morgan fingerprint density at radius 1 is 1.27 bits per heavy atom. The molecule has 0 radical (unpaired) electrons. The summed E-state index contributed by atoms with van der Waals surface area (Å²) in [4.78, 5) is 0.343. The summed E-state index contributed by atoms with van der Waals surface area (Å²) in [5.41, 5.74) is 0. The molecule has 3 nitrogen and oxygen atoms in total. The Hall–Kier alpha value is -0.580. The molecule has 0 spiro atoms. The summed E-state index contributed by atoms with van der Waals surface area (Å²) in [7, 11) is -3.32. The predicted molar refractivity (Wildman–Crippen MR) is 59.5 cm³/mol. The van der Waals surface area contributed by atoms with E-state index in [0.29, 0.717) is 18.0 Å². The number of nitrogens with zero attached hydrogens (tertiary/aromatic N) is 1. The summed E-state index contributed by atoms with van der Waals surface area (Å²) < 4.78 is 25.5. The maximum Gasteiger partial charge on any atom is 0.243 e. The summed E-state index contributed by atoms with van der Waals surface area (Å²) in [6, 6.07) is 8.46. The Morgan fingerprint density at radius 2 is 1.93 bits per heavy atom. The van der Waals surface area contributed by atoms with Gasteiger partial charge in [-0.3, -0.25) is 0 Å². The second-order valence-electron chi connectivity index (χ2n) is 3.56. The molecule has 0 saturated carbocycles. The van der Waals surface area contributed by atoms with Crippen LogP contribution in [-0.2, 0) is 10.0 Å². The Kier molecular flexibility index (Phi) is 3.00. The molecule has 1 atom stereocenters. The number of rotatable bonds is 2. The van der Waals surface area contributed by atoms with E-state index in [-0.39, 0.29) is 5.38 Å². The zero-order chi connectivity index (χ0) is 10.9. The highest BCUT2D eigenvalue weighted by Gasteiger charge is 2.31. The van der Waals surface area contributed by atoms with Gasteiger partial charge in [0.25, 0.3) is 0 Å². The van der Waals surface area contributed by atoms with Gasteiger partial charge in [-0.2, -0.15) is 4.31 Å². The topological polar surface area (TPSA) is 37.4 Å². The van der Waals surface area contributed by atoms with Gasteiger partial charge in [0.1, 0.15) is 0 Å². The standard InChI is InChI=1S/C10H12ClNO2S/c11-9-6-7-12(8-9)15(13,14)10-4-2-1-3-5-10/h1-5,9H,6-8H2. The van der Waals surface area contributed by atoms with E-state index in [1.807, 2.05) is 0 Å². The van der Waals surface area contributed by atoms with Crippen LogP contribution in [0.3, 0.4) is 0 Å². The van der Waals surface area contributed by atoms with Crippen LogP contribution in [0.5, 0.6) is 0 Å². The second kappa shape index (κ2) is 4.12. The second-order valence-corrected chi connectivity index (χ2v) is 6.12. The van der Waals surface area contributed by atoms with Crippen LogP contribution in [-0.4, -0.2) is 31.2 Å². The van der Waals surface area contributed by atoms with Gasteiger partial charge in [0.2, 0.25) is 10.0 Å². The van der Waals surface area contributed by atoms with Crippen LogP contribution >= 0.6 is 11.6 Å². The molecule has 1 fully saturated rings. The SMILES string of the molecule is O=S(=O)(c1ccccc1)N1CCC(Cl)C1. The van der Waals surface area contributed by atoms with E-state index in [9.17, 15) is 8.42 Å². The Morgan fingerprint density at radius 3 is 2.47 bits per heavy atom. The average molecular weight is 246 g/mol. The van der Waals surface area contributed by atoms with Crippen LogP contribution in [0.15, 0.2) is 35.2 Å². The molecule has 1 unspecified atom stereocenters. The van der Waals surface area contributed by atoms with Crippen LogP contribution in [0.25, 0.3) is 0 Å². The van der Waals surface area contributed by atoms with Crippen LogP contribution in [0.1, 0.15) is 6.42 Å². The lowest BCUT2D eigenvalue weighted by molar-refractivity contribution is 0.478. The summed E-state index contributed by atoms with van der Waals surface area (Å²) in [5, 5.41) is -0.0523. The lowest BCUT2D eigenvalue weighted by Gasteiger charge is -2.15. The largest absolute Gasteiger partial charge is 0.243 e. The van der Waals surface area contributed by atoms with Crippen molar-refractivity contribution in [3.8, 4) is 0 Å². The van der Waals surface area contributed by atoms with Gasteiger partial charge in [-0.05, 0) is 18.6 Å². The first-order valence-electron chi connectivity index (χ1n) is 4.80. The fraction of sp³-hybridized carbons (Fsp3) is 0.400. The zero-order valence-electron chi connectivity index (χ0n) is 8.14. The first-order valence-corrected chi connectivity index (χ1v) is 6.67. The number of benzene rings is 1. The predicted octanol–water partition coefficient (Wildman–Crippen LogP) is 1.69. The van der Waals surface area contributed by atoms with Crippen molar-refractivity contribution in [2.45, 2.75) is 16.7 Å². The molecule has 0 amide bonds. The molecule has 0 aromatic heterocycles. The molecule has 1 aliphatic rings. The molecular formula is C10H12ClNO2S. The number of hydrogen-bond acceptors (Lipinski definition) is 2. The molecule has 1 heterocycles. The Balaban J connectivity index is 2.28. The van der Waals surface area contributed by atoms with E-state index >= 15 is 0 Å². The Bertz CT molecular complexity index is 432. The van der Waals surface area contributed by atoms with Gasteiger partial charge in [-0.1, -0.05) is 18.2 Å². The monoisotopic (exact) mass is 245 g/mol. The van der Waals surface area contributed by atoms with Crippen LogP contribution in [0, 0.1) is 0 Å². The lowest BCUT2D eigenvalue weighted by atomic mass is 10.4. The van der Waals surface area contributed by atoms with E-state index in [4.69, 9.17) is 11.6 Å². The lowest BCUT2D eigenvalue weighted by Crippen LogP contribution is -2.28. The third-order valence-corrected chi connectivity index (χ3v) is 4.71. The molecule has 2 rings (SSSR count). The smallest absolute Gasteiger partial charge is 0.207 e. The molecule has 0 bridgehead atoms. The fourth-order valence-electron chi connectivity index (χ4n) is 1.65. The summed E-state index contributed by atoms with van der Waals surface area (Å²) >= 11 is 5.89. The van der Waals surface area contributed by atoms with Gasteiger partial charge in [-0.15, -0.1) is 11.6 Å². The first-order chi connectivity index (χ1) is 7.10. The van der Waals surface area contributed by atoms with Crippen LogP contribution in [0.2, 0.25) is 0 Å². The van der Waals surface area contributed by atoms with Crippen molar-refractivity contribution in [2.75, 3.05) is 13.1 Å². The van der Waals surface area contributed by atoms with Crippen LogP contribution in [0.4, 0.5) is 0 Å². The number of hydrogen-bond donors (Lipinski definition) is 0. The molecule has 15 heavy (non-hydrogen) atoms. The third-order valence-electron chi connectivity index (χ3n) is 2.47. The highest BCUT2D eigenvalue weighted by molar-refractivity contribution is 7.89. The van der Waals surface area contributed by atoms with Crippen LogP contribution < -0.4 is 0 Å². The summed E-state index contributed by atoms with van der Waals surface area (Å²) in [6.07, 6.45) is 0.730. The summed E-state index contributed by atoms with van der Waals surface area (Å²) in [6.45, 7) is 0.935. The van der Waals surface area contributed by atoms with E-state index in [2.05, 4.69) is 0 Å². The van der Waals surface area contributed by atoms with Crippen molar-refractivity contribution >= 4 is 21.6 Å². The van der Waals surface area contributed by atoms with E-state index in [0.717, 1.165) is 6.42 Å². The minimum absolute atomic E-state index is 0.0523. The van der Waals surface area contributed by atoms with Gasteiger partial charge in [-0.25, -0.2) is 8.42 Å². The highest BCUT2D eigenvalue weighted by atomic mass is 35.5. The normalized spacial score (nSPS) is 23.1. The molecule has 5 heteroatoms. The Labute approximate surface area is 94.7 Å². The van der Waals surface area contributed by atoms with Gasteiger partial charge in [0.15, 0.2) is 0 Å². The van der Waals surface area contributed by atoms with E-state index < -0.39 is 10.0 Å².